The van der Waals surface area contributed by atoms with E-state index < -0.39 is 0 Å². The van der Waals surface area contributed by atoms with Crippen LogP contribution in [0.2, 0.25) is 0 Å². The van der Waals surface area contributed by atoms with E-state index in [0.717, 1.165) is 50.5 Å². The summed E-state index contributed by atoms with van der Waals surface area (Å²) >= 11 is 0. The van der Waals surface area contributed by atoms with Crippen LogP contribution in [-0.4, -0.2) is 41.6 Å². The zero-order chi connectivity index (χ0) is 18.2. The molecule has 0 atom stereocenters. The number of hydrogen-bond donors (Lipinski definition) is 1. The van der Waals surface area contributed by atoms with Crippen LogP contribution in [0.4, 0.5) is 5.95 Å². The van der Waals surface area contributed by atoms with Gasteiger partial charge in [-0.2, -0.15) is 0 Å². The van der Waals surface area contributed by atoms with Crippen LogP contribution in [0, 0.1) is 0 Å². The number of amides is 1. The average molecular weight is 354 g/mol. The Morgan fingerprint density at radius 2 is 1.88 bits per heavy atom. The van der Waals surface area contributed by atoms with E-state index >= 15 is 0 Å². The highest BCUT2D eigenvalue weighted by molar-refractivity contribution is 5.94. The molecule has 2 aromatic rings. The van der Waals surface area contributed by atoms with Crippen molar-refractivity contribution in [1.82, 2.24) is 15.3 Å². The predicted octanol–water partition coefficient (Wildman–Crippen LogP) is 3.05. The largest absolute Gasteiger partial charge is 0.494 e. The van der Waals surface area contributed by atoms with Crippen molar-refractivity contribution in [3.05, 3.63) is 48.3 Å². The molecule has 6 heteroatoms. The minimum atomic E-state index is -0.0282. The summed E-state index contributed by atoms with van der Waals surface area (Å²) in [6.07, 6.45) is 7.44. The van der Waals surface area contributed by atoms with Crippen molar-refractivity contribution < 1.29 is 9.53 Å². The number of unbranched alkanes of at least 4 members (excludes halogenated alkanes) is 1. The van der Waals surface area contributed by atoms with Gasteiger partial charge in [-0.15, -0.1) is 0 Å². The molecule has 1 saturated heterocycles. The van der Waals surface area contributed by atoms with Crippen molar-refractivity contribution in [2.45, 2.75) is 38.6 Å². The minimum absolute atomic E-state index is 0.0282. The molecule has 6 nitrogen and oxygen atoms in total. The van der Waals surface area contributed by atoms with E-state index in [4.69, 9.17) is 4.74 Å². The molecule has 1 N–H and O–H groups in total. The lowest BCUT2D eigenvalue weighted by Crippen LogP contribution is -2.45. The van der Waals surface area contributed by atoms with Gasteiger partial charge in [0.05, 0.1) is 6.61 Å². The van der Waals surface area contributed by atoms with Crippen LogP contribution >= 0.6 is 0 Å². The number of piperidine rings is 1. The zero-order valence-corrected chi connectivity index (χ0v) is 15.2. The van der Waals surface area contributed by atoms with Gasteiger partial charge in [0.1, 0.15) is 5.75 Å². The Kier molecular flexibility index (Phi) is 6.41. The van der Waals surface area contributed by atoms with Crippen molar-refractivity contribution in [2.24, 2.45) is 0 Å². The SMILES string of the molecule is CCCCOc1ccc(C(=O)NC2CCN(c3ncccn3)CC2)cc1. The highest BCUT2D eigenvalue weighted by Gasteiger charge is 2.22. The molecule has 0 aliphatic carbocycles. The molecule has 0 bridgehead atoms. The number of carbonyl (C=O) groups excluding carboxylic acids is 1. The lowest BCUT2D eigenvalue weighted by molar-refractivity contribution is 0.0931. The number of ether oxygens (including phenoxy) is 1. The lowest BCUT2D eigenvalue weighted by atomic mass is 10.0. The van der Waals surface area contributed by atoms with Gasteiger partial charge in [-0.25, -0.2) is 9.97 Å². The number of rotatable bonds is 7. The van der Waals surface area contributed by atoms with Crippen LogP contribution < -0.4 is 15.0 Å². The lowest BCUT2D eigenvalue weighted by Gasteiger charge is -2.32. The number of hydrogen-bond acceptors (Lipinski definition) is 5. The molecule has 2 heterocycles. The van der Waals surface area contributed by atoms with Crippen LogP contribution in [0.5, 0.6) is 5.75 Å². The second-order valence-corrected chi connectivity index (χ2v) is 6.51. The zero-order valence-electron chi connectivity index (χ0n) is 15.2. The summed E-state index contributed by atoms with van der Waals surface area (Å²) in [5, 5.41) is 3.13. The Morgan fingerprint density at radius 1 is 1.19 bits per heavy atom. The molecule has 1 aromatic carbocycles. The summed E-state index contributed by atoms with van der Waals surface area (Å²) in [6.45, 7) is 4.54. The molecule has 1 aliphatic rings. The van der Waals surface area contributed by atoms with Gasteiger partial charge in [0.15, 0.2) is 0 Å². The number of anilines is 1. The van der Waals surface area contributed by atoms with E-state index in [0.29, 0.717) is 12.2 Å². The number of aromatic nitrogens is 2. The molecule has 0 spiro atoms. The van der Waals surface area contributed by atoms with E-state index in [1.807, 2.05) is 30.3 Å². The summed E-state index contributed by atoms with van der Waals surface area (Å²) in [4.78, 5) is 23.2. The first-order chi connectivity index (χ1) is 12.8. The van der Waals surface area contributed by atoms with Crippen LogP contribution in [0.15, 0.2) is 42.7 Å². The number of carbonyl (C=O) groups is 1. The normalized spacial score (nSPS) is 14.9. The average Bonchev–Trinajstić information content (AvgIpc) is 2.70. The third-order valence-electron chi connectivity index (χ3n) is 4.55. The van der Waals surface area contributed by atoms with E-state index in [1.165, 1.54) is 0 Å². The molecule has 1 fully saturated rings. The van der Waals surface area contributed by atoms with Crippen molar-refractivity contribution in [2.75, 3.05) is 24.6 Å². The summed E-state index contributed by atoms with van der Waals surface area (Å²) in [7, 11) is 0. The van der Waals surface area contributed by atoms with Gasteiger partial charge in [0.2, 0.25) is 5.95 Å². The van der Waals surface area contributed by atoms with Crippen molar-refractivity contribution in [1.29, 1.82) is 0 Å². The van der Waals surface area contributed by atoms with Gasteiger partial charge in [-0.3, -0.25) is 4.79 Å². The fraction of sp³-hybridized carbons (Fsp3) is 0.450. The Hall–Kier alpha value is -2.63. The smallest absolute Gasteiger partial charge is 0.251 e. The van der Waals surface area contributed by atoms with Gasteiger partial charge in [-0.1, -0.05) is 13.3 Å². The molecule has 0 saturated carbocycles. The Bertz CT molecular complexity index is 683. The van der Waals surface area contributed by atoms with E-state index in [9.17, 15) is 4.79 Å². The van der Waals surface area contributed by atoms with E-state index in [1.54, 1.807) is 12.4 Å². The van der Waals surface area contributed by atoms with Crippen LogP contribution in [0.25, 0.3) is 0 Å². The molecular formula is C20H26N4O2. The van der Waals surface area contributed by atoms with Gasteiger partial charge in [0.25, 0.3) is 5.91 Å². The highest BCUT2D eigenvalue weighted by atomic mass is 16.5. The molecule has 0 unspecified atom stereocenters. The van der Waals surface area contributed by atoms with Gasteiger partial charge in [0, 0.05) is 37.1 Å². The molecule has 26 heavy (non-hydrogen) atoms. The van der Waals surface area contributed by atoms with E-state index in [-0.39, 0.29) is 11.9 Å². The van der Waals surface area contributed by atoms with E-state index in [2.05, 4.69) is 27.1 Å². The fourth-order valence-corrected chi connectivity index (χ4v) is 2.98. The minimum Gasteiger partial charge on any atom is -0.494 e. The Balaban J connectivity index is 1.46. The maximum atomic E-state index is 12.4. The second kappa shape index (κ2) is 9.17. The standard InChI is InChI=1S/C20H26N4O2/c1-2-3-15-26-18-7-5-16(6-8-18)19(25)23-17-9-13-24(14-10-17)20-21-11-4-12-22-20/h4-8,11-12,17H,2-3,9-10,13-15H2,1H3,(H,23,25). The number of nitrogens with zero attached hydrogens (tertiary/aromatic N) is 3. The van der Waals surface area contributed by atoms with Gasteiger partial charge < -0.3 is 15.0 Å². The number of benzene rings is 1. The molecular weight excluding hydrogens is 328 g/mol. The molecule has 1 aliphatic heterocycles. The Labute approximate surface area is 154 Å². The van der Waals surface area contributed by atoms with Crippen LogP contribution in [0.3, 0.4) is 0 Å². The summed E-state index contributed by atoms with van der Waals surface area (Å²) in [6, 6.07) is 9.37. The van der Waals surface area contributed by atoms with Crippen molar-refractivity contribution in [3.63, 3.8) is 0 Å². The molecule has 1 aromatic heterocycles. The summed E-state index contributed by atoms with van der Waals surface area (Å²) in [5.74, 6) is 1.54. The maximum absolute atomic E-state index is 12.4. The topological polar surface area (TPSA) is 67.3 Å². The predicted molar refractivity (Wildman–Crippen MR) is 102 cm³/mol. The highest BCUT2D eigenvalue weighted by Crippen LogP contribution is 2.17. The number of nitrogens with one attached hydrogen (secondary N) is 1. The third kappa shape index (κ3) is 4.94. The van der Waals surface area contributed by atoms with Crippen molar-refractivity contribution >= 4 is 11.9 Å². The first-order valence-corrected chi connectivity index (χ1v) is 9.32. The quantitative estimate of drug-likeness (QED) is 0.774. The molecule has 3 rings (SSSR count). The second-order valence-electron chi connectivity index (χ2n) is 6.51. The molecule has 1 amide bonds. The summed E-state index contributed by atoms with van der Waals surface area (Å²) < 4.78 is 5.64. The third-order valence-corrected chi connectivity index (χ3v) is 4.55. The van der Waals surface area contributed by atoms with Gasteiger partial charge >= 0.3 is 0 Å². The van der Waals surface area contributed by atoms with Crippen LogP contribution in [-0.2, 0) is 0 Å². The maximum Gasteiger partial charge on any atom is 0.251 e. The molecule has 0 radical (unpaired) electrons. The first kappa shape index (κ1) is 18.2. The van der Waals surface area contributed by atoms with Crippen LogP contribution in [0.1, 0.15) is 43.0 Å². The Morgan fingerprint density at radius 3 is 2.54 bits per heavy atom. The summed E-state index contributed by atoms with van der Waals surface area (Å²) in [5.41, 5.74) is 0.668. The first-order valence-electron chi connectivity index (χ1n) is 9.32. The van der Waals surface area contributed by atoms with Crippen molar-refractivity contribution in [3.8, 4) is 5.75 Å². The fourth-order valence-electron chi connectivity index (χ4n) is 2.98. The molecule has 138 valence electrons. The monoisotopic (exact) mass is 354 g/mol. The van der Waals surface area contributed by atoms with Gasteiger partial charge in [-0.05, 0) is 49.6 Å².